The Morgan fingerprint density at radius 3 is 2.29 bits per heavy atom. The number of aliphatic hydroxyl groups excluding tert-OH is 1. The average molecular weight is 771 g/mol. The number of hydrogen-bond acceptors (Lipinski definition) is 10. The molecular formula is C38H41Cl2N3O8S. The summed E-state index contributed by atoms with van der Waals surface area (Å²) in [5.74, 6) is -1.13. The number of aliphatic hydroxyl groups is 1. The highest BCUT2D eigenvalue weighted by Crippen LogP contribution is 2.42. The monoisotopic (exact) mass is 769 g/mol. The number of likely N-dealkylation sites (N-methyl/N-ethyl adjacent to an activating group) is 1. The van der Waals surface area contributed by atoms with E-state index in [-0.39, 0.29) is 33.8 Å². The summed E-state index contributed by atoms with van der Waals surface area (Å²) in [4.78, 5) is 31.8. The molecule has 3 fully saturated rings. The van der Waals surface area contributed by atoms with E-state index in [1.54, 1.807) is 12.1 Å². The minimum absolute atomic E-state index is 0.0969. The molecule has 14 heteroatoms. The Morgan fingerprint density at radius 2 is 1.69 bits per heavy atom. The first kappa shape index (κ1) is 37.8. The van der Waals surface area contributed by atoms with Gasteiger partial charge in [0.1, 0.15) is 27.1 Å². The first-order valence-corrected chi connectivity index (χ1v) is 18.7. The number of methoxy groups -OCH3 is 2. The minimum atomic E-state index is -1.11. The third-order valence-corrected chi connectivity index (χ3v) is 11.8. The molecule has 52 heavy (non-hydrogen) atoms. The lowest BCUT2D eigenvalue weighted by Crippen LogP contribution is -2.59. The van der Waals surface area contributed by atoms with E-state index >= 15 is 0 Å². The predicted molar refractivity (Wildman–Crippen MR) is 197 cm³/mol. The van der Waals surface area contributed by atoms with Gasteiger partial charge in [0.2, 0.25) is 0 Å². The largest absolute Gasteiger partial charge is 0.619 e. The molecule has 0 aliphatic carbocycles. The predicted octanol–water partition coefficient (Wildman–Crippen LogP) is 6.30. The second-order valence-electron chi connectivity index (χ2n) is 13.0. The Balaban J connectivity index is 1.38. The number of pyridine rings is 1. The van der Waals surface area contributed by atoms with E-state index in [2.05, 4.69) is 0 Å². The van der Waals surface area contributed by atoms with Crippen molar-refractivity contribution in [2.75, 3.05) is 33.9 Å². The standard InChI is InChI=1S/C38H41Cl2N3O8S/c1-4-41(33(22-8-6-5-7-9-22)38(47)51-36-34(44)23-12-14-42(36)15-13-23)19-25-17-27(35(52-25)37(45)46)26(18-28-29(39)20-43(48)21-30(28)40)24-10-11-31(49-2)32(16-24)50-3/h5-11,16-17,20-21,23,26,33-34,36,44H,4,12-15,18-19H2,1-3H3,(H,45,46)/t26-,33?,34+,36?/m0/s1. The Bertz CT molecular complexity index is 1880. The molecule has 2 unspecified atom stereocenters. The minimum Gasteiger partial charge on any atom is -0.619 e. The molecule has 2 aromatic heterocycles. The van der Waals surface area contributed by atoms with Crippen LogP contribution in [0.15, 0.2) is 67.0 Å². The van der Waals surface area contributed by atoms with Crippen molar-refractivity contribution in [2.24, 2.45) is 5.92 Å². The van der Waals surface area contributed by atoms with Crippen LogP contribution in [0.3, 0.4) is 0 Å². The van der Waals surface area contributed by atoms with Gasteiger partial charge in [0, 0.05) is 36.0 Å². The lowest BCUT2D eigenvalue weighted by molar-refractivity contribution is -0.605. The quantitative estimate of drug-likeness (QED) is 0.0855. The fourth-order valence-electron chi connectivity index (χ4n) is 7.38. The molecule has 4 aromatic rings. The van der Waals surface area contributed by atoms with Crippen molar-refractivity contribution in [1.29, 1.82) is 0 Å². The van der Waals surface area contributed by atoms with Gasteiger partial charge in [-0.3, -0.25) is 9.80 Å². The van der Waals surface area contributed by atoms with Crippen LogP contribution in [-0.4, -0.2) is 78.1 Å². The molecule has 5 heterocycles. The maximum absolute atomic E-state index is 14.1. The molecule has 0 radical (unpaired) electrons. The lowest BCUT2D eigenvalue weighted by Gasteiger charge is -2.48. The van der Waals surface area contributed by atoms with Crippen molar-refractivity contribution < 1.29 is 38.7 Å². The number of carboxylic acid groups (broad SMARTS) is 1. The zero-order valence-electron chi connectivity index (χ0n) is 29.0. The van der Waals surface area contributed by atoms with Gasteiger partial charge in [0.15, 0.2) is 30.1 Å². The summed E-state index contributed by atoms with van der Waals surface area (Å²) in [5.41, 5.74) is 2.43. The number of halogens is 2. The number of ether oxygens (including phenoxy) is 3. The molecule has 4 atom stereocenters. The molecule has 0 amide bonds. The van der Waals surface area contributed by atoms with Crippen LogP contribution in [0.2, 0.25) is 10.0 Å². The smallest absolute Gasteiger partial charge is 0.346 e. The van der Waals surface area contributed by atoms with Crippen molar-refractivity contribution in [3.05, 3.63) is 114 Å². The molecule has 0 spiro atoms. The number of rotatable bonds is 14. The molecule has 7 rings (SSSR count). The molecule has 3 aliphatic heterocycles. The fourth-order valence-corrected chi connectivity index (χ4v) is 9.06. The van der Waals surface area contributed by atoms with Crippen molar-refractivity contribution in [1.82, 2.24) is 9.80 Å². The van der Waals surface area contributed by atoms with Crippen molar-refractivity contribution in [2.45, 2.75) is 57.0 Å². The number of aromatic carboxylic acids is 1. The lowest BCUT2D eigenvalue weighted by atomic mass is 9.84. The zero-order valence-corrected chi connectivity index (χ0v) is 31.4. The van der Waals surface area contributed by atoms with Crippen LogP contribution in [0, 0.1) is 11.1 Å². The third kappa shape index (κ3) is 7.87. The number of thiophene rings is 1. The molecule has 0 saturated carbocycles. The molecule has 2 aromatic carbocycles. The normalized spacial score (nSPS) is 20.8. The second kappa shape index (κ2) is 16.4. The highest BCUT2D eigenvalue weighted by molar-refractivity contribution is 7.14. The Labute approximate surface area is 316 Å². The van der Waals surface area contributed by atoms with Crippen LogP contribution in [0.5, 0.6) is 11.5 Å². The average Bonchev–Trinajstić information content (AvgIpc) is 3.56. The van der Waals surface area contributed by atoms with Gasteiger partial charge in [-0.15, -0.1) is 11.3 Å². The Kier molecular flexibility index (Phi) is 11.9. The summed E-state index contributed by atoms with van der Waals surface area (Å²) in [6.45, 7) is 4.14. The Hall–Kier alpha value is -3.91. The number of fused-ring (bicyclic) bond motifs is 3. The number of esters is 1. The van der Waals surface area contributed by atoms with Crippen molar-refractivity contribution >= 4 is 46.5 Å². The first-order chi connectivity index (χ1) is 25.0. The fraction of sp³-hybridized carbons (Fsp3) is 0.395. The number of carbonyl (C=O) groups excluding carboxylic acids is 1. The van der Waals surface area contributed by atoms with E-state index < -0.39 is 36.2 Å². The number of carboxylic acids is 1. The van der Waals surface area contributed by atoms with E-state index in [9.17, 15) is 25.0 Å². The van der Waals surface area contributed by atoms with Gasteiger partial charge in [-0.25, -0.2) is 9.59 Å². The molecule has 276 valence electrons. The number of piperidine rings is 3. The number of benzene rings is 2. The van der Waals surface area contributed by atoms with Gasteiger partial charge in [-0.05, 0) is 66.6 Å². The molecule has 3 aliphatic rings. The van der Waals surface area contributed by atoms with Crippen LogP contribution < -0.4 is 14.2 Å². The number of nitrogens with zero attached hydrogens (tertiary/aromatic N) is 3. The van der Waals surface area contributed by atoms with Gasteiger partial charge in [0.05, 0.1) is 14.2 Å². The van der Waals surface area contributed by atoms with Gasteiger partial charge < -0.3 is 29.6 Å². The topological polar surface area (TPSA) is 136 Å². The van der Waals surface area contributed by atoms with Gasteiger partial charge in [-0.2, -0.15) is 4.73 Å². The second-order valence-corrected chi connectivity index (χ2v) is 15.0. The van der Waals surface area contributed by atoms with Crippen molar-refractivity contribution in [3.63, 3.8) is 0 Å². The zero-order chi connectivity index (χ0) is 37.1. The number of carbonyl (C=O) groups is 2. The summed E-state index contributed by atoms with van der Waals surface area (Å²) >= 11 is 14.2. The van der Waals surface area contributed by atoms with E-state index in [4.69, 9.17) is 37.4 Å². The summed E-state index contributed by atoms with van der Waals surface area (Å²) in [6, 6.07) is 15.7. The maximum atomic E-state index is 14.1. The van der Waals surface area contributed by atoms with Crippen molar-refractivity contribution in [3.8, 4) is 11.5 Å². The molecule has 2 N–H and O–H groups in total. The summed E-state index contributed by atoms with van der Waals surface area (Å²) in [7, 11) is 3.05. The third-order valence-electron chi connectivity index (χ3n) is 10.1. The highest BCUT2D eigenvalue weighted by Gasteiger charge is 2.45. The maximum Gasteiger partial charge on any atom is 0.346 e. The van der Waals surface area contributed by atoms with Gasteiger partial charge in [0.25, 0.3) is 0 Å². The van der Waals surface area contributed by atoms with E-state index in [1.165, 1.54) is 26.6 Å². The SMILES string of the molecule is CCN(Cc1cc([C@@H](Cc2c(Cl)c[n+]([O-])cc2Cl)c2ccc(OC)c(OC)c2)c(C(=O)O)s1)C(C(=O)OC1[C@H](O)C2CCN1CC2)c1ccccc1. The van der Waals surface area contributed by atoms with Crippen LogP contribution in [0.1, 0.15) is 68.5 Å². The van der Waals surface area contributed by atoms with Crippen LogP contribution >= 0.6 is 34.5 Å². The highest BCUT2D eigenvalue weighted by atomic mass is 35.5. The van der Waals surface area contributed by atoms with E-state index in [0.717, 1.165) is 42.8 Å². The molecule has 2 bridgehead atoms. The summed E-state index contributed by atoms with van der Waals surface area (Å²) in [6.07, 6.45) is 2.86. The summed E-state index contributed by atoms with van der Waals surface area (Å²) < 4.78 is 17.7. The number of hydrogen-bond donors (Lipinski definition) is 2. The van der Waals surface area contributed by atoms with E-state index in [0.29, 0.717) is 44.3 Å². The molecule has 11 nitrogen and oxygen atoms in total. The van der Waals surface area contributed by atoms with Crippen LogP contribution in [0.4, 0.5) is 0 Å². The number of aromatic nitrogens is 1. The molecule has 3 saturated heterocycles. The summed E-state index contributed by atoms with van der Waals surface area (Å²) in [5, 5.41) is 33.9. The molecular weight excluding hydrogens is 729 g/mol. The van der Waals surface area contributed by atoms with Crippen LogP contribution in [-0.2, 0) is 22.5 Å². The van der Waals surface area contributed by atoms with E-state index in [1.807, 2.05) is 59.2 Å². The van der Waals surface area contributed by atoms with Crippen LogP contribution in [0.25, 0.3) is 0 Å². The van der Waals surface area contributed by atoms with Gasteiger partial charge in [-0.1, -0.05) is 66.5 Å². The first-order valence-electron chi connectivity index (χ1n) is 17.1. The Morgan fingerprint density at radius 1 is 1.02 bits per heavy atom. The van der Waals surface area contributed by atoms with Gasteiger partial charge >= 0.3 is 11.9 Å².